The van der Waals surface area contributed by atoms with Gasteiger partial charge in [-0.2, -0.15) is 11.8 Å². The van der Waals surface area contributed by atoms with Gasteiger partial charge in [0.2, 0.25) is 0 Å². The molecule has 80 valence electrons. The van der Waals surface area contributed by atoms with Crippen LogP contribution in [0.2, 0.25) is 0 Å². The number of thioether (sulfide) groups is 1. The predicted octanol–water partition coefficient (Wildman–Crippen LogP) is 1.34. The fourth-order valence-electron chi connectivity index (χ4n) is 2.49. The van der Waals surface area contributed by atoms with Crippen LogP contribution in [-0.4, -0.2) is 34.7 Å². The van der Waals surface area contributed by atoms with Gasteiger partial charge in [0.15, 0.2) is 0 Å². The van der Waals surface area contributed by atoms with Gasteiger partial charge in [-0.1, -0.05) is 0 Å². The molecule has 2 unspecified atom stereocenters. The van der Waals surface area contributed by atoms with Gasteiger partial charge in [0, 0.05) is 0 Å². The Hall–Kier alpha value is -0.220. The topological polar surface area (TPSA) is 49.3 Å². The first-order valence-corrected chi connectivity index (χ1v) is 6.45. The maximum atomic E-state index is 11.2. The van der Waals surface area contributed by atoms with Crippen molar-refractivity contribution in [3.8, 4) is 0 Å². The normalized spacial score (nSPS) is 37.6. The Balaban J connectivity index is 1.99. The summed E-state index contributed by atoms with van der Waals surface area (Å²) in [5, 5.41) is 12.4. The van der Waals surface area contributed by atoms with Gasteiger partial charge in [-0.25, -0.2) is 0 Å². The highest BCUT2D eigenvalue weighted by atomic mass is 32.2. The van der Waals surface area contributed by atoms with E-state index >= 15 is 0 Å². The van der Waals surface area contributed by atoms with Gasteiger partial charge in [0.05, 0.1) is 0 Å². The molecule has 0 radical (unpaired) electrons. The number of carboxylic acid groups (broad SMARTS) is 1. The van der Waals surface area contributed by atoms with Crippen molar-refractivity contribution in [3.63, 3.8) is 0 Å². The van der Waals surface area contributed by atoms with Crippen LogP contribution in [0.15, 0.2) is 0 Å². The van der Waals surface area contributed by atoms with E-state index in [2.05, 4.69) is 5.32 Å². The fraction of sp³-hybridized carbons (Fsp3) is 0.900. The van der Waals surface area contributed by atoms with E-state index in [1.54, 1.807) is 0 Å². The van der Waals surface area contributed by atoms with Crippen molar-refractivity contribution in [2.24, 2.45) is 5.92 Å². The summed E-state index contributed by atoms with van der Waals surface area (Å²) in [5.41, 5.74) is -0.588. The summed E-state index contributed by atoms with van der Waals surface area (Å²) in [5.74, 6) is 2.32. The molecule has 14 heavy (non-hydrogen) atoms. The average Bonchev–Trinajstić information content (AvgIpc) is 2.76. The molecule has 2 aliphatic rings. The van der Waals surface area contributed by atoms with Gasteiger partial charge >= 0.3 is 5.97 Å². The second-order valence-corrected chi connectivity index (χ2v) is 5.50. The smallest absolute Gasteiger partial charge is 0.323 e. The van der Waals surface area contributed by atoms with Crippen LogP contribution < -0.4 is 5.32 Å². The minimum absolute atomic E-state index is 0.588. The van der Waals surface area contributed by atoms with E-state index in [9.17, 15) is 9.90 Å². The van der Waals surface area contributed by atoms with Crippen LogP contribution in [0, 0.1) is 5.92 Å². The van der Waals surface area contributed by atoms with Crippen LogP contribution in [-0.2, 0) is 4.79 Å². The van der Waals surface area contributed by atoms with Crippen molar-refractivity contribution in [3.05, 3.63) is 0 Å². The first-order valence-electron chi connectivity index (χ1n) is 5.29. The van der Waals surface area contributed by atoms with E-state index in [4.69, 9.17) is 0 Å². The van der Waals surface area contributed by atoms with Crippen LogP contribution in [0.1, 0.15) is 25.7 Å². The van der Waals surface area contributed by atoms with Crippen LogP contribution in [0.4, 0.5) is 0 Å². The second-order valence-electron chi connectivity index (χ2n) is 4.35. The van der Waals surface area contributed by atoms with Gasteiger partial charge in [0.1, 0.15) is 5.54 Å². The first kappa shape index (κ1) is 10.3. The summed E-state index contributed by atoms with van der Waals surface area (Å²) in [7, 11) is 0. The Morgan fingerprint density at radius 2 is 2.50 bits per heavy atom. The molecule has 0 aromatic carbocycles. The molecular formula is C10H17NO2S. The van der Waals surface area contributed by atoms with Crippen LogP contribution >= 0.6 is 11.8 Å². The van der Waals surface area contributed by atoms with Crippen LogP contribution in [0.25, 0.3) is 0 Å². The first-order chi connectivity index (χ1) is 6.73. The third-order valence-corrected chi connectivity index (χ3v) is 4.55. The number of carbonyl (C=O) groups is 1. The highest BCUT2D eigenvalue weighted by molar-refractivity contribution is 7.99. The number of aliphatic carboxylic acids is 1. The van der Waals surface area contributed by atoms with Crippen LogP contribution in [0.5, 0.6) is 0 Å². The number of hydrogen-bond donors (Lipinski definition) is 2. The maximum absolute atomic E-state index is 11.2. The zero-order valence-corrected chi connectivity index (χ0v) is 9.11. The van der Waals surface area contributed by atoms with E-state index in [0.29, 0.717) is 5.92 Å². The largest absolute Gasteiger partial charge is 0.480 e. The molecule has 2 fully saturated rings. The summed E-state index contributed by atoms with van der Waals surface area (Å²) in [4.78, 5) is 11.2. The molecule has 0 aromatic rings. The summed E-state index contributed by atoms with van der Waals surface area (Å²) in [6, 6.07) is 0. The quantitative estimate of drug-likeness (QED) is 0.746. The van der Waals surface area contributed by atoms with Crippen molar-refractivity contribution >= 4 is 17.7 Å². The minimum Gasteiger partial charge on any atom is -0.480 e. The Kier molecular flexibility index (Phi) is 3.02. The lowest BCUT2D eigenvalue weighted by atomic mass is 9.86. The molecule has 0 aromatic heterocycles. The number of hydrogen-bond acceptors (Lipinski definition) is 3. The molecule has 0 bridgehead atoms. The third kappa shape index (κ3) is 1.91. The lowest BCUT2D eigenvalue weighted by Gasteiger charge is -2.27. The summed E-state index contributed by atoms with van der Waals surface area (Å²) < 4.78 is 0. The molecule has 0 spiro atoms. The molecule has 2 N–H and O–H groups in total. The molecular weight excluding hydrogens is 198 g/mol. The van der Waals surface area contributed by atoms with E-state index in [1.807, 2.05) is 11.8 Å². The maximum Gasteiger partial charge on any atom is 0.323 e. The standard InChI is InChI=1S/C10H17NO2S/c12-9(13)10(3-1-4-11-10)6-8-2-5-14-7-8/h8,11H,1-7H2,(H,12,13). The third-order valence-electron chi connectivity index (χ3n) is 3.31. The van der Waals surface area contributed by atoms with Crippen molar-refractivity contribution in [2.75, 3.05) is 18.1 Å². The summed E-state index contributed by atoms with van der Waals surface area (Å²) in [6.07, 6.45) is 3.84. The lowest BCUT2D eigenvalue weighted by molar-refractivity contribution is -0.145. The van der Waals surface area contributed by atoms with Crippen molar-refractivity contribution in [1.29, 1.82) is 0 Å². The molecule has 0 aliphatic carbocycles. The molecule has 2 rings (SSSR count). The monoisotopic (exact) mass is 215 g/mol. The molecule has 0 amide bonds. The zero-order chi connectivity index (χ0) is 10.0. The number of nitrogens with one attached hydrogen (secondary N) is 1. The van der Waals surface area contributed by atoms with Crippen molar-refractivity contribution < 1.29 is 9.90 Å². The predicted molar refractivity (Wildman–Crippen MR) is 57.7 cm³/mol. The molecule has 4 heteroatoms. The Labute approximate surface area is 88.6 Å². The Bertz CT molecular complexity index is 220. The van der Waals surface area contributed by atoms with Gasteiger partial charge in [0.25, 0.3) is 0 Å². The number of carboxylic acids is 1. The highest BCUT2D eigenvalue weighted by Crippen LogP contribution is 2.34. The van der Waals surface area contributed by atoms with Gasteiger partial charge < -0.3 is 10.4 Å². The fourth-order valence-corrected chi connectivity index (χ4v) is 3.77. The SMILES string of the molecule is O=C(O)C1(CC2CCSC2)CCCN1. The Morgan fingerprint density at radius 3 is 3.00 bits per heavy atom. The molecule has 2 saturated heterocycles. The van der Waals surface area contributed by atoms with Gasteiger partial charge in [-0.15, -0.1) is 0 Å². The molecule has 0 saturated carbocycles. The zero-order valence-electron chi connectivity index (χ0n) is 8.29. The highest BCUT2D eigenvalue weighted by Gasteiger charge is 2.43. The summed E-state index contributed by atoms with van der Waals surface area (Å²) >= 11 is 1.96. The molecule has 2 aliphatic heterocycles. The van der Waals surface area contributed by atoms with Gasteiger partial charge in [-0.3, -0.25) is 4.79 Å². The van der Waals surface area contributed by atoms with Crippen molar-refractivity contribution in [1.82, 2.24) is 5.32 Å². The van der Waals surface area contributed by atoms with E-state index < -0.39 is 11.5 Å². The lowest BCUT2D eigenvalue weighted by Crippen LogP contribution is -2.48. The molecule has 3 nitrogen and oxygen atoms in total. The molecule has 2 atom stereocenters. The molecule has 2 heterocycles. The number of rotatable bonds is 3. The Morgan fingerprint density at radius 1 is 1.64 bits per heavy atom. The second kappa shape index (κ2) is 4.11. The minimum atomic E-state index is -0.646. The average molecular weight is 215 g/mol. The van der Waals surface area contributed by atoms with Crippen molar-refractivity contribution in [2.45, 2.75) is 31.2 Å². The van der Waals surface area contributed by atoms with E-state index in [1.165, 1.54) is 12.2 Å². The van der Waals surface area contributed by atoms with Gasteiger partial charge in [-0.05, 0) is 49.7 Å². The van der Waals surface area contributed by atoms with E-state index in [0.717, 1.165) is 31.6 Å². The van der Waals surface area contributed by atoms with E-state index in [-0.39, 0.29) is 0 Å². The summed E-state index contributed by atoms with van der Waals surface area (Å²) in [6.45, 7) is 0.867. The van der Waals surface area contributed by atoms with Crippen LogP contribution in [0.3, 0.4) is 0 Å².